The van der Waals surface area contributed by atoms with Crippen LogP contribution in [0.1, 0.15) is 183 Å². The second-order valence-corrected chi connectivity index (χ2v) is 42.1. The second kappa shape index (κ2) is 44.7. The number of aliphatic hydroxyl groups is 21. The van der Waals surface area contributed by atoms with Gasteiger partial charge in [0, 0.05) is 26.6 Å². The van der Waals surface area contributed by atoms with E-state index in [9.17, 15) is 117 Å². The summed E-state index contributed by atoms with van der Waals surface area (Å²) >= 11 is 0. The van der Waals surface area contributed by atoms with Gasteiger partial charge in [0.15, 0.2) is 56.2 Å². The van der Waals surface area contributed by atoms with Gasteiger partial charge in [0.25, 0.3) is 5.91 Å². The predicted molar refractivity (Wildman–Crippen MR) is 466 cm³/mol. The Morgan fingerprint density at radius 2 is 0.949 bits per heavy atom. The number of fused-ring (bicyclic) bond motifs is 7. The lowest BCUT2D eigenvalue weighted by molar-refractivity contribution is -0.399. The van der Waals surface area contributed by atoms with Crippen LogP contribution >= 0.6 is 0 Å². The van der Waals surface area contributed by atoms with Crippen LogP contribution in [0.2, 0.25) is 0 Å². The number of rotatable bonds is 33. The maximum absolute atomic E-state index is 16.2. The number of allylic oxidation sites excluding steroid dienone is 2. The number of methoxy groups -OCH3 is 1. The number of carbonyl (C=O) groups excluding carboxylic acids is 3. The van der Waals surface area contributed by atoms with Crippen molar-refractivity contribution < 1.29 is 202 Å². The molecule has 14 rings (SSSR count). The van der Waals surface area contributed by atoms with E-state index >= 15 is 4.79 Å². The molecule has 24 unspecified atom stereocenters. The largest absolute Gasteiger partial charge is 0.432 e. The molecule has 43 heteroatoms. The van der Waals surface area contributed by atoms with Gasteiger partial charge in [-0.3, -0.25) is 14.4 Å². The van der Waals surface area contributed by atoms with E-state index in [1.54, 1.807) is 0 Å². The third-order valence-electron chi connectivity index (χ3n) is 33.0. The van der Waals surface area contributed by atoms with Gasteiger partial charge in [-0.05, 0) is 143 Å². The summed E-state index contributed by atoms with van der Waals surface area (Å²) in [6.45, 7) is 14.4. The van der Waals surface area contributed by atoms with Gasteiger partial charge in [-0.2, -0.15) is 0 Å². The molecule has 23 N–H and O–H groups in total. The van der Waals surface area contributed by atoms with Gasteiger partial charge < -0.3 is 198 Å². The number of carbonyl (C=O) groups is 3. The van der Waals surface area contributed by atoms with Crippen molar-refractivity contribution in [2.24, 2.45) is 44.8 Å². The molecule has 2 amide bonds. The molecular formula is C94H150N2O41. The van der Waals surface area contributed by atoms with Gasteiger partial charge in [-0.25, -0.2) is 0 Å². The van der Waals surface area contributed by atoms with Crippen molar-refractivity contribution in [1.82, 2.24) is 10.6 Å². The molecule has 4 saturated carbocycles. The molecule has 13 aliphatic rings. The number of nitrogens with one attached hydrogen (secondary N) is 2. The Balaban J connectivity index is 0.702. The van der Waals surface area contributed by atoms with Gasteiger partial charge in [-0.1, -0.05) is 115 Å². The molecule has 1 aromatic rings. The second-order valence-electron chi connectivity index (χ2n) is 42.1. The SMILES string of the molecule is COC1(C)[C@@H](O[C@@H]2OC(C(=O)NCCCCCCCCCCC(=O)NCc3ccccc3)[C@@H](O)[C@H](OC3OC(C)C(O)C(O)C3O)C2O[C@@H]2OC(CO)[C@H](O)[C@H](O)C2O)CCC2(C)C3CC=C4C5CC(C)(C)CCC5(C(=O)O[C@@H]5OC(C)[C@H](O)[C@H](O)C5OC5OC(C)[C@H](O[C@@H]6OC[C@@H](O)[C@H](O)C6O)C(O[C@@H]6OC(CO)[C@@H](O)[C@H](O[C@@H]7OC[C@@H](O)[C@H](O)C7O)C6O)[C@@H]5O)[C@@H](O)C[C@@]4(C)C3(C)CC[C@H]21. The molecule has 0 bridgehead atoms. The highest BCUT2D eigenvalue weighted by molar-refractivity contribution is 5.82. The standard InChI is InChI=1S/C94H150N2O41/c1-41-56(103)62(109)67(114)82(124-41)132-74-69(116)76(79(119)95-33-21-16-14-12-11-13-15-20-24-55(102)96-36-44-22-18-17-19-23-44)134-87(78(74)136-83-68(115)63(110)60(107)49(37-97)127-83)129-54-28-29-90(6)51-26-25-45-46-34-89(4,5)31-32-94(46,53(101)35-92(45,8)91(51,7)30-27-52(90)93(54,9)121-10)88(120)137-86-77(64(111)57(104)42(2)125-86)135-84-71(118)75(72(43(3)126-84)130-80-65(112)58(105)47(99)39-122-80)133-85-70(117)73(61(108)50(38-98)128-85)131-81-66(113)59(106)48(100)40-123-81/h17-19,22-23,25,41-43,46-54,56-78,80-87,97-101,103-118H,11-16,20-21,24,26-40H2,1-10H3,(H,95,119)(H,96,102)/t41?,42?,43?,46?,47-,48-,49?,50?,51?,52-,53+,54+,56?,57+,58+,59+,60+,61-,62?,63+,64+,65?,66?,67?,68?,69+,70?,71+,72+,73+,74+,75?,76?,77?,78?,80+,81+,82?,83+,84?,85+,86+,87-,90?,91?,92-,93?,94?/m1/s1. The van der Waals surface area contributed by atoms with Crippen LogP contribution in [-0.2, 0) is 101 Å². The quantitative estimate of drug-likeness (QED) is 0.0138. The van der Waals surface area contributed by atoms with Crippen LogP contribution in [0.15, 0.2) is 42.0 Å². The molecule has 137 heavy (non-hydrogen) atoms. The van der Waals surface area contributed by atoms with Crippen molar-refractivity contribution >= 4 is 17.8 Å². The van der Waals surface area contributed by atoms with E-state index in [1.807, 2.05) is 37.3 Å². The number of hydrogen-bond acceptors (Lipinski definition) is 41. The third-order valence-corrected chi connectivity index (χ3v) is 33.0. The molecule has 12 fully saturated rings. The Labute approximate surface area is 795 Å². The fourth-order valence-electron chi connectivity index (χ4n) is 24.3. The average molecular weight is 1960 g/mol. The molecule has 5 aliphatic carbocycles. The summed E-state index contributed by atoms with van der Waals surface area (Å²) in [6.07, 6.45) is -60.3. The first-order chi connectivity index (χ1) is 64.8. The number of amides is 2. The summed E-state index contributed by atoms with van der Waals surface area (Å²) in [6, 6.07) is 9.67. The Morgan fingerprint density at radius 1 is 0.438 bits per heavy atom. The van der Waals surface area contributed by atoms with Crippen molar-refractivity contribution in [2.45, 2.75) is 436 Å². The van der Waals surface area contributed by atoms with Crippen LogP contribution in [0.25, 0.3) is 0 Å². The van der Waals surface area contributed by atoms with Gasteiger partial charge in [0.1, 0.15) is 158 Å². The zero-order chi connectivity index (χ0) is 99.4. The minimum atomic E-state index is -2.22. The van der Waals surface area contributed by atoms with Gasteiger partial charge in [0.05, 0.1) is 62.5 Å². The van der Waals surface area contributed by atoms with Crippen LogP contribution in [0.3, 0.4) is 0 Å². The normalized spacial score (nSPS) is 48.9. The monoisotopic (exact) mass is 1960 g/mol. The van der Waals surface area contributed by atoms with Gasteiger partial charge in [0.2, 0.25) is 12.2 Å². The van der Waals surface area contributed by atoms with E-state index in [0.717, 1.165) is 49.7 Å². The highest BCUT2D eigenvalue weighted by Crippen LogP contribution is 2.76. The summed E-state index contributed by atoms with van der Waals surface area (Å²) in [5.41, 5.74) is -3.72. The minimum Gasteiger partial charge on any atom is -0.432 e. The maximum Gasteiger partial charge on any atom is 0.317 e. The number of benzene rings is 1. The molecule has 48 atom stereocenters. The van der Waals surface area contributed by atoms with E-state index < -0.39 is 323 Å². The molecular weight excluding hydrogens is 1810 g/mol. The van der Waals surface area contributed by atoms with Crippen molar-refractivity contribution in [3.8, 4) is 0 Å². The van der Waals surface area contributed by atoms with Crippen molar-refractivity contribution in [3.05, 3.63) is 47.5 Å². The van der Waals surface area contributed by atoms with Crippen LogP contribution in [0, 0.1) is 44.8 Å². The third kappa shape index (κ3) is 21.6. The Bertz CT molecular complexity index is 4120. The molecule has 0 spiro atoms. The lowest BCUT2D eigenvalue weighted by Crippen LogP contribution is -2.71. The van der Waals surface area contributed by atoms with Gasteiger partial charge in [-0.15, -0.1) is 0 Å². The maximum atomic E-state index is 16.2. The molecule has 0 radical (unpaired) electrons. The topological polar surface area (TPSA) is 657 Å². The van der Waals surface area contributed by atoms with Crippen molar-refractivity contribution in [3.63, 3.8) is 0 Å². The molecule has 43 nitrogen and oxygen atoms in total. The first-order valence-electron chi connectivity index (χ1n) is 48.8. The molecule has 8 saturated heterocycles. The summed E-state index contributed by atoms with van der Waals surface area (Å²) in [7, 11) is 1.54. The van der Waals surface area contributed by atoms with Crippen LogP contribution < -0.4 is 10.6 Å². The predicted octanol–water partition coefficient (Wildman–Crippen LogP) is -4.08. The fourth-order valence-corrected chi connectivity index (χ4v) is 24.3. The van der Waals surface area contributed by atoms with E-state index in [0.29, 0.717) is 64.3 Å². The van der Waals surface area contributed by atoms with Crippen LogP contribution in [0.5, 0.6) is 0 Å². The minimum absolute atomic E-state index is 0.00511. The van der Waals surface area contributed by atoms with E-state index in [-0.39, 0.29) is 43.6 Å². The smallest absolute Gasteiger partial charge is 0.317 e. The molecule has 0 aromatic heterocycles. The molecule has 8 aliphatic heterocycles. The highest BCUT2D eigenvalue weighted by Gasteiger charge is 2.74. The number of unbranched alkanes of at least 4 members (excludes halogenated alkanes) is 7. The number of aliphatic hydroxyl groups excluding tert-OH is 21. The number of esters is 1. The Hall–Kier alpha value is -4.11. The van der Waals surface area contributed by atoms with E-state index in [1.165, 1.54) is 27.9 Å². The summed E-state index contributed by atoms with van der Waals surface area (Å²) in [5, 5.41) is 244. The number of ether oxygens (including phenoxy) is 17. The molecule has 782 valence electrons. The van der Waals surface area contributed by atoms with Gasteiger partial charge >= 0.3 is 5.97 Å². The first-order valence-corrected chi connectivity index (χ1v) is 48.8. The van der Waals surface area contributed by atoms with E-state index in [2.05, 4.69) is 51.3 Å². The van der Waals surface area contributed by atoms with Crippen LogP contribution in [0.4, 0.5) is 0 Å². The average Bonchev–Trinajstić information content (AvgIpc) is 0.667. The summed E-state index contributed by atoms with van der Waals surface area (Å²) in [5.74, 6) is -3.08. The summed E-state index contributed by atoms with van der Waals surface area (Å²) < 4.78 is 106. The lowest BCUT2D eigenvalue weighted by atomic mass is 9.34. The first kappa shape index (κ1) is 109. The molecule has 8 heterocycles. The zero-order valence-corrected chi connectivity index (χ0v) is 79.3. The fraction of sp³-hybridized carbons (Fsp3) is 0.883. The Morgan fingerprint density at radius 3 is 1.57 bits per heavy atom. The Kier molecular flexibility index (Phi) is 35.4. The zero-order valence-electron chi connectivity index (χ0n) is 79.3. The van der Waals surface area contributed by atoms with Crippen molar-refractivity contribution in [2.75, 3.05) is 40.1 Å². The van der Waals surface area contributed by atoms with E-state index in [4.69, 9.17) is 80.5 Å². The number of hydrogen-bond donors (Lipinski definition) is 23. The molecule has 1 aromatic carbocycles. The summed E-state index contributed by atoms with van der Waals surface area (Å²) in [4.78, 5) is 43.6. The van der Waals surface area contributed by atoms with Crippen LogP contribution in [-0.4, -0.2) is 416 Å². The van der Waals surface area contributed by atoms with Crippen molar-refractivity contribution in [1.29, 1.82) is 0 Å². The highest BCUT2D eigenvalue weighted by atomic mass is 16.8. The lowest BCUT2D eigenvalue weighted by Gasteiger charge is -2.71.